The van der Waals surface area contributed by atoms with Crippen LogP contribution in [0.15, 0.2) is 48.5 Å². The molecule has 168 valence electrons. The number of benzene rings is 2. The highest BCUT2D eigenvalue weighted by atomic mass is 19.1. The van der Waals surface area contributed by atoms with Crippen LogP contribution in [-0.2, 0) is 16.0 Å². The zero-order valence-corrected chi connectivity index (χ0v) is 17.8. The first-order chi connectivity index (χ1) is 15.5. The fraction of sp³-hybridized carbons (Fsp3) is 0.333. The van der Waals surface area contributed by atoms with E-state index in [1.165, 1.54) is 36.4 Å². The molecule has 1 aliphatic heterocycles. The van der Waals surface area contributed by atoms with Gasteiger partial charge in [-0.1, -0.05) is 0 Å². The SMILES string of the molecule is Cc1nn(-c2ccc(F)cc2)c(Oc2ccc(F)cc2)c1CCC(=O)NCC1CCCO1. The second-order valence-corrected chi connectivity index (χ2v) is 7.75. The summed E-state index contributed by atoms with van der Waals surface area (Å²) in [5.74, 6) is 0.0269. The minimum atomic E-state index is -0.372. The number of aryl methyl sites for hydroxylation is 1. The van der Waals surface area contributed by atoms with Gasteiger partial charge in [-0.05, 0) is 74.7 Å². The summed E-state index contributed by atoms with van der Waals surface area (Å²) in [4.78, 5) is 12.4. The zero-order valence-electron chi connectivity index (χ0n) is 17.8. The monoisotopic (exact) mass is 441 g/mol. The predicted octanol–water partition coefficient (Wildman–Crippen LogP) is 4.48. The Morgan fingerprint density at radius 2 is 1.84 bits per heavy atom. The average molecular weight is 441 g/mol. The summed E-state index contributed by atoms with van der Waals surface area (Å²) in [5, 5.41) is 7.47. The van der Waals surface area contributed by atoms with Gasteiger partial charge in [0.1, 0.15) is 17.4 Å². The van der Waals surface area contributed by atoms with E-state index in [0.29, 0.717) is 36.0 Å². The molecule has 4 rings (SSSR count). The molecule has 1 atom stereocenters. The van der Waals surface area contributed by atoms with Gasteiger partial charge >= 0.3 is 0 Å². The van der Waals surface area contributed by atoms with Crippen LogP contribution in [-0.4, -0.2) is 34.9 Å². The van der Waals surface area contributed by atoms with Gasteiger partial charge in [-0.3, -0.25) is 4.79 Å². The number of ether oxygens (including phenoxy) is 2. The summed E-state index contributed by atoms with van der Waals surface area (Å²) in [7, 11) is 0. The molecule has 6 nitrogen and oxygen atoms in total. The van der Waals surface area contributed by atoms with Crippen molar-refractivity contribution < 1.29 is 23.0 Å². The van der Waals surface area contributed by atoms with Crippen molar-refractivity contribution in [3.63, 3.8) is 0 Å². The molecule has 32 heavy (non-hydrogen) atoms. The van der Waals surface area contributed by atoms with Crippen molar-refractivity contribution in [2.24, 2.45) is 0 Å². The minimum Gasteiger partial charge on any atom is -0.439 e. The van der Waals surface area contributed by atoms with Crippen molar-refractivity contribution in [3.05, 3.63) is 71.4 Å². The van der Waals surface area contributed by atoms with Crippen molar-refractivity contribution in [2.75, 3.05) is 13.2 Å². The van der Waals surface area contributed by atoms with E-state index in [-0.39, 0.29) is 30.1 Å². The molecule has 1 amide bonds. The number of nitrogens with zero attached hydrogens (tertiary/aromatic N) is 2. The number of nitrogens with one attached hydrogen (secondary N) is 1. The molecule has 1 unspecified atom stereocenters. The maximum absolute atomic E-state index is 13.4. The van der Waals surface area contributed by atoms with Crippen molar-refractivity contribution in [3.8, 4) is 17.3 Å². The van der Waals surface area contributed by atoms with E-state index >= 15 is 0 Å². The number of carbonyl (C=O) groups excluding carboxylic acids is 1. The van der Waals surface area contributed by atoms with Gasteiger partial charge in [-0.25, -0.2) is 13.5 Å². The molecule has 1 aliphatic rings. The van der Waals surface area contributed by atoms with Crippen molar-refractivity contribution in [1.82, 2.24) is 15.1 Å². The lowest BCUT2D eigenvalue weighted by molar-refractivity contribution is -0.121. The van der Waals surface area contributed by atoms with Crippen LogP contribution < -0.4 is 10.1 Å². The van der Waals surface area contributed by atoms with E-state index in [0.717, 1.165) is 25.0 Å². The van der Waals surface area contributed by atoms with Crippen LogP contribution in [0.25, 0.3) is 5.69 Å². The molecule has 3 aromatic rings. The molecule has 0 radical (unpaired) electrons. The first-order valence-electron chi connectivity index (χ1n) is 10.7. The second-order valence-electron chi connectivity index (χ2n) is 7.75. The lowest BCUT2D eigenvalue weighted by Crippen LogP contribution is -2.31. The minimum absolute atomic E-state index is 0.0813. The highest BCUT2D eigenvalue weighted by Gasteiger charge is 2.21. The molecule has 2 heterocycles. The fourth-order valence-electron chi connectivity index (χ4n) is 3.66. The summed E-state index contributed by atoms with van der Waals surface area (Å²) in [6, 6.07) is 11.5. The third-order valence-electron chi connectivity index (χ3n) is 5.39. The van der Waals surface area contributed by atoms with Crippen LogP contribution >= 0.6 is 0 Å². The van der Waals surface area contributed by atoms with Crippen molar-refractivity contribution in [2.45, 2.75) is 38.7 Å². The average Bonchev–Trinajstić information content (AvgIpc) is 3.41. The molecular weight excluding hydrogens is 416 g/mol. The van der Waals surface area contributed by atoms with Crippen molar-refractivity contribution in [1.29, 1.82) is 0 Å². The summed E-state index contributed by atoms with van der Waals surface area (Å²) >= 11 is 0. The van der Waals surface area contributed by atoms with Crippen LogP contribution in [0.3, 0.4) is 0 Å². The Hall–Kier alpha value is -3.26. The molecule has 8 heteroatoms. The number of aromatic nitrogens is 2. The third-order valence-corrected chi connectivity index (χ3v) is 5.39. The van der Waals surface area contributed by atoms with E-state index in [4.69, 9.17) is 9.47 Å². The number of amides is 1. The molecule has 0 bridgehead atoms. The van der Waals surface area contributed by atoms with Gasteiger partial charge in [0.2, 0.25) is 11.8 Å². The van der Waals surface area contributed by atoms with E-state index in [2.05, 4.69) is 10.4 Å². The van der Waals surface area contributed by atoms with Crippen LogP contribution in [0.4, 0.5) is 8.78 Å². The number of carbonyl (C=O) groups is 1. The molecule has 1 N–H and O–H groups in total. The van der Waals surface area contributed by atoms with Gasteiger partial charge < -0.3 is 14.8 Å². The molecule has 1 saturated heterocycles. The number of hydrogen-bond acceptors (Lipinski definition) is 4. The number of rotatable bonds is 8. The van der Waals surface area contributed by atoms with Crippen LogP contribution in [0.1, 0.15) is 30.5 Å². The first-order valence-corrected chi connectivity index (χ1v) is 10.7. The first kappa shape index (κ1) is 22.0. The van der Waals surface area contributed by atoms with E-state index in [1.54, 1.807) is 16.8 Å². The quantitative estimate of drug-likeness (QED) is 0.560. The molecular formula is C24H25F2N3O3. The van der Waals surface area contributed by atoms with Crippen LogP contribution in [0.5, 0.6) is 11.6 Å². The summed E-state index contributed by atoms with van der Waals surface area (Å²) < 4.78 is 39.9. The lowest BCUT2D eigenvalue weighted by atomic mass is 10.1. The third kappa shape index (κ3) is 5.31. The topological polar surface area (TPSA) is 65.4 Å². The van der Waals surface area contributed by atoms with E-state index in [1.807, 2.05) is 6.92 Å². The number of halogens is 2. The highest BCUT2D eigenvalue weighted by Crippen LogP contribution is 2.31. The molecule has 0 saturated carbocycles. The van der Waals surface area contributed by atoms with Crippen LogP contribution in [0, 0.1) is 18.6 Å². The zero-order chi connectivity index (χ0) is 22.5. The maximum Gasteiger partial charge on any atom is 0.226 e. The van der Waals surface area contributed by atoms with Crippen molar-refractivity contribution >= 4 is 5.91 Å². The van der Waals surface area contributed by atoms with Gasteiger partial charge in [0.25, 0.3) is 0 Å². The smallest absolute Gasteiger partial charge is 0.226 e. The Morgan fingerprint density at radius 3 is 2.50 bits per heavy atom. The standard InChI is InChI=1S/C24H25F2N3O3/c1-16-22(12-13-23(30)27-15-21-3-2-14-31-21)24(32-20-10-6-18(26)7-11-20)29(28-16)19-8-4-17(25)5-9-19/h4-11,21H,2-3,12-15H2,1H3,(H,27,30). The molecule has 0 spiro atoms. The molecule has 1 fully saturated rings. The summed E-state index contributed by atoms with van der Waals surface area (Å²) in [5.41, 5.74) is 2.06. The summed E-state index contributed by atoms with van der Waals surface area (Å²) in [6.45, 7) is 3.08. The maximum atomic E-state index is 13.4. The predicted molar refractivity (Wildman–Crippen MR) is 115 cm³/mol. The lowest BCUT2D eigenvalue weighted by Gasteiger charge is -2.12. The Kier molecular flexibility index (Phi) is 6.80. The second kappa shape index (κ2) is 9.91. The van der Waals surface area contributed by atoms with Gasteiger partial charge in [-0.2, -0.15) is 5.10 Å². The Bertz CT molecular complexity index is 1060. The van der Waals surface area contributed by atoms with Gasteiger partial charge in [0.05, 0.1) is 17.5 Å². The Balaban J connectivity index is 1.55. The molecule has 1 aromatic heterocycles. The highest BCUT2D eigenvalue weighted by molar-refractivity contribution is 5.76. The van der Waals surface area contributed by atoms with Gasteiger partial charge in [0, 0.05) is 25.1 Å². The van der Waals surface area contributed by atoms with Gasteiger partial charge in [-0.15, -0.1) is 0 Å². The van der Waals surface area contributed by atoms with Gasteiger partial charge in [0.15, 0.2) is 0 Å². The number of hydrogen-bond donors (Lipinski definition) is 1. The fourth-order valence-corrected chi connectivity index (χ4v) is 3.66. The molecule has 0 aliphatic carbocycles. The normalized spacial score (nSPS) is 15.7. The van der Waals surface area contributed by atoms with E-state index in [9.17, 15) is 13.6 Å². The van der Waals surface area contributed by atoms with Crippen LogP contribution in [0.2, 0.25) is 0 Å². The Labute approximate surface area is 185 Å². The molecule has 2 aromatic carbocycles. The largest absolute Gasteiger partial charge is 0.439 e. The Morgan fingerprint density at radius 1 is 1.16 bits per heavy atom. The summed E-state index contributed by atoms with van der Waals surface area (Å²) in [6.07, 6.45) is 2.72. The van der Waals surface area contributed by atoms with E-state index < -0.39 is 0 Å².